The van der Waals surface area contributed by atoms with E-state index in [2.05, 4.69) is 45.0 Å². The van der Waals surface area contributed by atoms with Gasteiger partial charge in [-0.15, -0.1) is 48.0 Å². The van der Waals surface area contributed by atoms with Crippen LogP contribution in [0.5, 0.6) is 0 Å². The minimum Gasteiger partial charge on any atom is -0.673 e. The van der Waals surface area contributed by atoms with Crippen molar-refractivity contribution in [2.75, 3.05) is 0 Å². The van der Waals surface area contributed by atoms with Gasteiger partial charge in [0.15, 0.2) is 0 Å². The van der Waals surface area contributed by atoms with Crippen LogP contribution in [0.4, 0.5) is 0 Å². The maximum absolute atomic E-state index is 6.94. The molecule has 0 fully saturated rings. The molecule has 1 nitrogen and oxygen atoms in total. The van der Waals surface area contributed by atoms with Crippen molar-refractivity contribution in [3.63, 3.8) is 0 Å². The number of allylic oxidation sites excluding steroid dienone is 4. The van der Waals surface area contributed by atoms with Crippen LogP contribution in [-0.4, -0.2) is 5.54 Å². The fraction of sp³-hybridized carbons (Fsp3) is 0.389. The maximum atomic E-state index is 6.94. The van der Waals surface area contributed by atoms with E-state index in [0.717, 1.165) is 12.0 Å². The van der Waals surface area contributed by atoms with Crippen molar-refractivity contribution >= 4 is 30.4 Å². The molecule has 22 heavy (non-hydrogen) atoms. The third-order valence-electron chi connectivity index (χ3n) is 2.74. The van der Waals surface area contributed by atoms with E-state index in [-0.39, 0.29) is 52.1 Å². The SMILES string of the molecule is CC(C)(C)[NH-].Cl.Cl.[CH2-]c1ccccc1C1=C(C)C=C(C)C1.[Ti+2]. The van der Waals surface area contributed by atoms with Crippen LogP contribution in [0.25, 0.3) is 11.3 Å². The van der Waals surface area contributed by atoms with E-state index >= 15 is 0 Å². The number of nitrogens with one attached hydrogen (secondary N) is 1. The second-order valence-corrected chi connectivity index (χ2v) is 6.24. The summed E-state index contributed by atoms with van der Waals surface area (Å²) in [5.41, 5.74) is 13.4. The van der Waals surface area contributed by atoms with Gasteiger partial charge in [-0.3, -0.25) is 0 Å². The predicted octanol–water partition coefficient (Wildman–Crippen LogP) is 6.67. The molecule has 0 bridgehead atoms. The smallest absolute Gasteiger partial charge is 0.673 e. The quantitative estimate of drug-likeness (QED) is 0.386. The van der Waals surface area contributed by atoms with Crippen molar-refractivity contribution in [2.45, 2.75) is 46.6 Å². The van der Waals surface area contributed by atoms with Crippen LogP contribution in [0.15, 0.2) is 41.5 Å². The zero-order valence-corrected chi connectivity index (χ0v) is 17.3. The first-order valence-electron chi connectivity index (χ1n) is 6.72. The van der Waals surface area contributed by atoms with E-state index in [1.54, 1.807) is 0 Å². The molecule has 0 spiro atoms. The molecule has 2 rings (SSSR count). The number of halogens is 2. The van der Waals surface area contributed by atoms with Crippen molar-refractivity contribution < 1.29 is 21.7 Å². The molecule has 0 unspecified atom stereocenters. The van der Waals surface area contributed by atoms with Crippen LogP contribution >= 0.6 is 24.8 Å². The average Bonchev–Trinajstić information content (AvgIpc) is 2.56. The standard InChI is InChI=1S/C14H15.C4H10N.2ClH.Ti/c1-10-8-12(3)14(9-10)13-7-5-4-6-11(13)2;1-4(2,3)5;;;/h4-8H,2,9H2,1,3H3;5H,1-3H3;2*1H;/q2*-1;;;+2. The third-order valence-corrected chi connectivity index (χ3v) is 2.74. The Bertz CT molecular complexity index is 508. The molecule has 1 aliphatic carbocycles. The van der Waals surface area contributed by atoms with Gasteiger partial charge in [0.1, 0.15) is 0 Å². The fourth-order valence-corrected chi connectivity index (χ4v) is 2.05. The van der Waals surface area contributed by atoms with Crippen LogP contribution in [0.2, 0.25) is 0 Å². The van der Waals surface area contributed by atoms with Gasteiger partial charge in [0.05, 0.1) is 0 Å². The average molecular weight is 376 g/mol. The minimum absolute atomic E-state index is 0. The number of hydrogen-bond donors (Lipinski definition) is 0. The molecule has 1 aromatic carbocycles. The Morgan fingerprint density at radius 2 is 1.50 bits per heavy atom. The molecular weight excluding hydrogens is 349 g/mol. The summed E-state index contributed by atoms with van der Waals surface area (Å²) in [6, 6.07) is 8.35. The first-order chi connectivity index (χ1) is 8.68. The Morgan fingerprint density at radius 1 is 1.05 bits per heavy atom. The van der Waals surface area contributed by atoms with Crippen LogP contribution in [0.3, 0.4) is 0 Å². The maximum Gasteiger partial charge on any atom is 2.00 e. The van der Waals surface area contributed by atoms with Gasteiger partial charge in [-0.1, -0.05) is 49.6 Å². The summed E-state index contributed by atoms with van der Waals surface area (Å²) in [6.07, 6.45) is 3.35. The fourth-order valence-electron chi connectivity index (χ4n) is 2.05. The molecule has 122 valence electrons. The summed E-state index contributed by atoms with van der Waals surface area (Å²) in [5, 5.41) is 0. The summed E-state index contributed by atoms with van der Waals surface area (Å²) in [7, 11) is 0. The molecule has 0 aliphatic heterocycles. The van der Waals surface area contributed by atoms with Gasteiger partial charge in [0.25, 0.3) is 0 Å². The molecule has 1 N–H and O–H groups in total. The normalized spacial score (nSPS) is 12.9. The minimum atomic E-state index is -0.250. The molecule has 0 atom stereocenters. The van der Waals surface area contributed by atoms with E-state index in [0.29, 0.717) is 0 Å². The Balaban J connectivity index is -0.000000401. The molecule has 0 saturated heterocycles. The summed E-state index contributed by atoms with van der Waals surface area (Å²) in [6.45, 7) is 14.0. The van der Waals surface area contributed by atoms with E-state index in [1.807, 2.05) is 26.8 Å². The summed E-state index contributed by atoms with van der Waals surface area (Å²) in [5.74, 6) is 0. The van der Waals surface area contributed by atoms with Crippen molar-refractivity contribution in [2.24, 2.45) is 0 Å². The Hall–Kier alpha value is -0.176. The molecule has 0 radical (unpaired) electrons. The number of hydrogen-bond acceptors (Lipinski definition) is 0. The van der Waals surface area contributed by atoms with Gasteiger partial charge < -0.3 is 5.73 Å². The Kier molecular flexibility index (Phi) is 13.8. The van der Waals surface area contributed by atoms with Crippen LogP contribution in [-0.2, 0) is 21.7 Å². The second kappa shape index (κ2) is 11.4. The molecule has 0 saturated carbocycles. The van der Waals surface area contributed by atoms with Gasteiger partial charge in [-0.25, -0.2) is 0 Å². The zero-order valence-electron chi connectivity index (χ0n) is 14.1. The first-order valence-corrected chi connectivity index (χ1v) is 6.72. The Labute approximate surface area is 163 Å². The van der Waals surface area contributed by atoms with E-state index in [9.17, 15) is 0 Å². The topological polar surface area (TPSA) is 23.8 Å². The van der Waals surface area contributed by atoms with Gasteiger partial charge >= 0.3 is 21.7 Å². The second-order valence-electron chi connectivity index (χ2n) is 6.24. The van der Waals surface area contributed by atoms with Gasteiger partial charge in [-0.2, -0.15) is 18.6 Å². The molecule has 1 aromatic rings. The summed E-state index contributed by atoms with van der Waals surface area (Å²) in [4.78, 5) is 0. The largest absolute Gasteiger partial charge is 2.00 e. The predicted molar refractivity (Wildman–Crippen MR) is 100 cm³/mol. The summed E-state index contributed by atoms with van der Waals surface area (Å²) >= 11 is 0. The Morgan fingerprint density at radius 3 is 1.86 bits per heavy atom. The van der Waals surface area contributed by atoms with Crippen molar-refractivity contribution in [3.8, 4) is 0 Å². The van der Waals surface area contributed by atoms with Gasteiger partial charge in [-0.05, 0) is 20.3 Å². The van der Waals surface area contributed by atoms with E-state index in [1.165, 1.54) is 22.3 Å². The molecule has 0 aromatic heterocycles. The summed E-state index contributed by atoms with van der Waals surface area (Å²) < 4.78 is 0. The zero-order chi connectivity index (χ0) is 14.6. The van der Waals surface area contributed by atoms with Crippen LogP contribution in [0.1, 0.15) is 52.2 Å². The van der Waals surface area contributed by atoms with E-state index < -0.39 is 0 Å². The van der Waals surface area contributed by atoms with Crippen LogP contribution in [0, 0.1) is 6.92 Å². The van der Waals surface area contributed by atoms with Crippen LogP contribution < -0.4 is 0 Å². The van der Waals surface area contributed by atoms with Gasteiger partial charge in [0.2, 0.25) is 0 Å². The van der Waals surface area contributed by atoms with E-state index in [4.69, 9.17) is 5.73 Å². The first kappa shape index (κ1) is 26.7. The molecular formula is C18H27Cl2NTi. The number of rotatable bonds is 1. The molecule has 0 amide bonds. The monoisotopic (exact) mass is 375 g/mol. The molecule has 0 heterocycles. The number of benzene rings is 1. The third kappa shape index (κ3) is 9.76. The molecule has 1 aliphatic rings. The van der Waals surface area contributed by atoms with Crippen molar-refractivity contribution in [1.82, 2.24) is 0 Å². The molecule has 4 heteroatoms. The van der Waals surface area contributed by atoms with Gasteiger partial charge in [0, 0.05) is 0 Å². The van der Waals surface area contributed by atoms with Crippen molar-refractivity contribution in [1.29, 1.82) is 0 Å². The van der Waals surface area contributed by atoms with Crippen molar-refractivity contribution in [3.05, 3.63) is 65.3 Å².